The third kappa shape index (κ3) is 3.72. The molecule has 0 aliphatic rings. The van der Waals surface area contributed by atoms with Gasteiger partial charge in [-0.3, -0.25) is 4.79 Å². The van der Waals surface area contributed by atoms with Crippen molar-refractivity contribution in [1.82, 2.24) is 0 Å². The number of benzene rings is 3. The molecule has 25 heavy (non-hydrogen) atoms. The smallest absolute Gasteiger partial charge is 0.195 e. The normalized spacial score (nSPS) is 10.3. The minimum absolute atomic E-state index is 0.0168. The fourth-order valence-corrected chi connectivity index (χ4v) is 2.78. The van der Waals surface area contributed by atoms with E-state index in [1.165, 1.54) is 0 Å². The number of ketones is 1. The summed E-state index contributed by atoms with van der Waals surface area (Å²) in [6.07, 6.45) is 0. The molecule has 0 aliphatic heterocycles. The van der Waals surface area contributed by atoms with Gasteiger partial charge in [-0.2, -0.15) is 0 Å². The van der Waals surface area contributed by atoms with E-state index >= 15 is 0 Å². The molecule has 0 fully saturated rings. The first-order valence-electron chi connectivity index (χ1n) is 8.37. The summed E-state index contributed by atoms with van der Waals surface area (Å²) in [7, 11) is 1.83. The maximum absolute atomic E-state index is 12.7. The summed E-state index contributed by atoms with van der Waals surface area (Å²) in [4.78, 5) is 12.7. The summed E-state index contributed by atoms with van der Waals surface area (Å²) >= 11 is 0. The lowest BCUT2D eigenvalue weighted by Crippen LogP contribution is -2.05. The molecule has 1 N–H and O–H groups in total. The van der Waals surface area contributed by atoms with Crippen molar-refractivity contribution in [2.24, 2.45) is 0 Å². The standard InChI is InChI=1S/C22H21NO2/c1-3-25-19-12-9-16(10-13-19)18-11-14-20(21(15-18)23-2)22(24)17-7-5-4-6-8-17/h4-15,23H,3H2,1-2H3. The van der Waals surface area contributed by atoms with Crippen molar-refractivity contribution in [3.05, 3.63) is 83.9 Å². The van der Waals surface area contributed by atoms with Crippen LogP contribution in [-0.4, -0.2) is 19.4 Å². The van der Waals surface area contributed by atoms with Crippen LogP contribution in [0.4, 0.5) is 5.69 Å². The number of carbonyl (C=O) groups is 1. The molecule has 3 rings (SSSR count). The molecule has 0 unspecified atom stereocenters. The van der Waals surface area contributed by atoms with Gasteiger partial charge in [-0.25, -0.2) is 0 Å². The molecule has 0 aromatic heterocycles. The summed E-state index contributed by atoms with van der Waals surface area (Å²) in [5, 5.41) is 3.14. The van der Waals surface area contributed by atoms with Gasteiger partial charge in [0.15, 0.2) is 5.78 Å². The highest BCUT2D eigenvalue weighted by Gasteiger charge is 2.14. The van der Waals surface area contributed by atoms with Gasteiger partial charge in [-0.1, -0.05) is 48.5 Å². The molecule has 0 aliphatic carbocycles. The lowest BCUT2D eigenvalue weighted by atomic mass is 9.97. The first kappa shape index (κ1) is 16.8. The average molecular weight is 331 g/mol. The van der Waals surface area contributed by atoms with Crippen LogP contribution in [0.1, 0.15) is 22.8 Å². The molecule has 0 radical (unpaired) electrons. The van der Waals surface area contributed by atoms with Crippen molar-refractivity contribution in [2.75, 3.05) is 19.0 Å². The lowest BCUT2D eigenvalue weighted by Gasteiger charge is -2.12. The van der Waals surface area contributed by atoms with Crippen LogP contribution in [-0.2, 0) is 0 Å². The molecular formula is C22H21NO2. The monoisotopic (exact) mass is 331 g/mol. The van der Waals surface area contributed by atoms with Crippen molar-refractivity contribution in [3.8, 4) is 16.9 Å². The molecule has 3 aromatic rings. The van der Waals surface area contributed by atoms with E-state index in [0.29, 0.717) is 17.7 Å². The Labute approximate surface area is 148 Å². The maximum atomic E-state index is 12.7. The van der Waals surface area contributed by atoms with Gasteiger partial charge < -0.3 is 10.1 Å². The summed E-state index contributed by atoms with van der Waals surface area (Å²) in [6.45, 7) is 2.62. The minimum Gasteiger partial charge on any atom is -0.494 e. The van der Waals surface area contributed by atoms with Gasteiger partial charge in [0, 0.05) is 23.9 Å². The van der Waals surface area contributed by atoms with E-state index in [4.69, 9.17) is 4.74 Å². The van der Waals surface area contributed by atoms with E-state index in [0.717, 1.165) is 22.6 Å². The number of carbonyl (C=O) groups excluding carboxylic acids is 1. The van der Waals surface area contributed by atoms with E-state index in [9.17, 15) is 4.79 Å². The number of hydrogen-bond acceptors (Lipinski definition) is 3. The first-order chi connectivity index (χ1) is 12.2. The molecule has 0 heterocycles. The fourth-order valence-electron chi connectivity index (χ4n) is 2.78. The Morgan fingerprint density at radius 3 is 2.24 bits per heavy atom. The average Bonchev–Trinajstić information content (AvgIpc) is 2.68. The second kappa shape index (κ2) is 7.67. The van der Waals surface area contributed by atoms with Crippen LogP contribution in [0, 0.1) is 0 Å². The topological polar surface area (TPSA) is 38.3 Å². The highest BCUT2D eigenvalue weighted by atomic mass is 16.5. The van der Waals surface area contributed by atoms with Crippen LogP contribution < -0.4 is 10.1 Å². The molecule has 0 atom stereocenters. The van der Waals surface area contributed by atoms with Crippen molar-refractivity contribution < 1.29 is 9.53 Å². The van der Waals surface area contributed by atoms with Crippen LogP contribution in [0.25, 0.3) is 11.1 Å². The zero-order chi connectivity index (χ0) is 17.6. The summed E-state index contributed by atoms with van der Waals surface area (Å²) in [5.41, 5.74) is 4.31. The van der Waals surface area contributed by atoms with E-state index < -0.39 is 0 Å². The van der Waals surface area contributed by atoms with Gasteiger partial charge in [0.05, 0.1) is 6.61 Å². The predicted octanol–water partition coefficient (Wildman–Crippen LogP) is 5.03. The molecule has 3 heteroatoms. The number of nitrogens with one attached hydrogen (secondary N) is 1. The van der Waals surface area contributed by atoms with Crippen LogP contribution in [0.3, 0.4) is 0 Å². The largest absolute Gasteiger partial charge is 0.494 e. The van der Waals surface area contributed by atoms with E-state index in [1.54, 1.807) is 0 Å². The van der Waals surface area contributed by atoms with Crippen molar-refractivity contribution in [2.45, 2.75) is 6.92 Å². The zero-order valence-electron chi connectivity index (χ0n) is 14.5. The van der Waals surface area contributed by atoms with E-state index in [1.807, 2.05) is 86.8 Å². The Balaban J connectivity index is 1.93. The van der Waals surface area contributed by atoms with Gasteiger partial charge in [0.1, 0.15) is 5.75 Å². The molecule has 0 saturated heterocycles. The molecule has 0 amide bonds. The minimum atomic E-state index is 0.0168. The molecule has 0 spiro atoms. The Bertz CT molecular complexity index is 855. The van der Waals surface area contributed by atoms with Gasteiger partial charge in [0.2, 0.25) is 0 Å². The number of ether oxygens (including phenoxy) is 1. The van der Waals surface area contributed by atoms with Gasteiger partial charge in [-0.05, 0) is 42.3 Å². The quantitative estimate of drug-likeness (QED) is 0.644. The van der Waals surface area contributed by atoms with E-state index in [-0.39, 0.29) is 5.78 Å². The molecule has 3 aromatic carbocycles. The van der Waals surface area contributed by atoms with E-state index in [2.05, 4.69) is 5.32 Å². The Kier molecular flexibility index (Phi) is 5.14. The molecule has 126 valence electrons. The van der Waals surface area contributed by atoms with Gasteiger partial charge in [-0.15, -0.1) is 0 Å². The number of hydrogen-bond donors (Lipinski definition) is 1. The second-order valence-electron chi connectivity index (χ2n) is 5.66. The number of anilines is 1. The third-order valence-corrected chi connectivity index (χ3v) is 4.07. The highest BCUT2D eigenvalue weighted by molar-refractivity contribution is 6.12. The Morgan fingerprint density at radius 2 is 1.60 bits per heavy atom. The lowest BCUT2D eigenvalue weighted by molar-refractivity contribution is 0.103. The molecule has 3 nitrogen and oxygen atoms in total. The summed E-state index contributed by atoms with van der Waals surface area (Å²) < 4.78 is 5.48. The highest BCUT2D eigenvalue weighted by Crippen LogP contribution is 2.28. The first-order valence-corrected chi connectivity index (χ1v) is 8.37. The van der Waals surface area contributed by atoms with Crippen molar-refractivity contribution in [1.29, 1.82) is 0 Å². The fraction of sp³-hybridized carbons (Fsp3) is 0.136. The molecule has 0 saturated carbocycles. The summed E-state index contributed by atoms with van der Waals surface area (Å²) in [6, 6.07) is 23.2. The maximum Gasteiger partial charge on any atom is 0.195 e. The van der Waals surface area contributed by atoms with Crippen LogP contribution in [0.5, 0.6) is 5.75 Å². The van der Waals surface area contributed by atoms with Crippen molar-refractivity contribution >= 4 is 11.5 Å². The van der Waals surface area contributed by atoms with Gasteiger partial charge >= 0.3 is 0 Å². The van der Waals surface area contributed by atoms with Crippen LogP contribution in [0.15, 0.2) is 72.8 Å². The molecular weight excluding hydrogens is 310 g/mol. The second-order valence-corrected chi connectivity index (χ2v) is 5.66. The predicted molar refractivity (Wildman–Crippen MR) is 102 cm³/mol. The SMILES string of the molecule is CCOc1ccc(-c2ccc(C(=O)c3ccccc3)c(NC)c2)cc1. The Morgan fingerprint density at radius 1 is 0.920 bits per heavy atom. The Hall–Kier alpha value is -3.07. The molecule has 0 bridgehead atoms. The van der Waals surface area contributed by atoms with Crippen LogP contribution >= 0.6 is 0 Å². The van der Waals surface area contributed by atoms with Crippen LogP contribution in [0.2, 0.25) is 0 Å². The van der Waals surface area contributed by atoms with Gasteiger partial charge in [0.25, 0.3) is 0 Å². The summed E-state index contributed by atoms with van der Waals surface area (Å²) in [5.74, 6) is 0.874. The van der Waals surface area contributed by atoms with Crippen molar-refractivity contribution in [3.63, 3.8) is 0 Å². The third-order valence-electron chi connectivity index (χ3n) is 4.07. The number of rotatable bonds is 6. The zero-order valence-corrected chi connectivity index (χ0v) is 14.5.